The normalized spacial score (nSPS) is 12.5. The number of hydrogen-bond acceptors (Lipinski definition) is 7. The largest absolute Gasteiger partial charge is 0.464 e. The first-order chi connectivity index (χ1) is 11.5. The van der Waals surface area contributed by atoms with Crippen LogP contribution in [0.1, 0.15) is 57.8 Å². The van der Waals surface area contributed by atoms with Gasteiger partial charge in [-0.2, -0.15) is 0 Å². The van der Waals surface area contributed by atoms with E-state index >= 15 is 0 Å². The van der Waals surface area contributed by atoms with Crippen molar-refractivity contribution in [3.8, 4) is 0 Å². The van der Waals surface area contributed by atoms with E-state index < -0.39 is 5.97 Å². The van der Waals surface area contributed by atoms with E-state index in [0.29, 0.717) is 10.7 Å². The predicted molar refractivity (Wildman–Crippen MR) is 95.3 cm³/mol. The average Bonchev–Trinajstić information content (AvgIpc) is 3.21. The molecule has 0 aliphatic heterocycles. The Morgan fingerprint density at radius 3 is 2.54 bits per heavy atom. The first-order valence-corrected chi connectivity index (χ1v) is 9.15. The van der Waals surface area contributed by atoms with Crippen molar-refractivity contribution < 1.29 is 14.3 Å². The lowest BCUT2D eigenvalue weighted by Crippen LogP contribution is -2.32. The molecule has 2 heterocycles. The highest BCUT2D eigenvalue weighted by molar-refractivity contribution is 7.10. The minimum absolute atomic E-state index is 0.110. The molecule has 24 heavy (non-hydrogen) atoms. The summed E-state index contributed by atoms with van der Waals surface area (Å²) in [6, 6.07) is -0.298. The lowest BCUT2D eigenvalue weighted by molar-refractivity contribution is 0.0594. The van der Waals surface area contributed by atoms with Gasteiger partial charge in [0.15, 0.2) is 5.69 Å². The number of thiazole rings is 2. The van der Waals surface area contributed by atoms with Crippen LogP contribution in [0.15, 0.2) is 16.8 Å². The molecule has 128 valence electrons. The second-order valence-electron chi connectivity index (χ2n) is 5.33. The summed E-state index contributed by atoms with van der Waals surface area (Å²) in [6.45, 7) is 5.87. The summed E-state index contributed by atoms with van der Waals surface area (Å²) in [5.74, 6) is -0.628. The number of hydrogen-bond donors (Lipinski definition) is 1. The van der Waals surface area contributed by atoms with Crippen molar-refractivity contribution in [3.63, 3.8) is 0 Å². The lowest BCUT2D eigenvalue weighted by Gasteiger charge is -2.19. The maximum absolute atomic E-state index is 12.4. The van der Waals surface area contributed by atoms with Gasteiger partial charge in [-0.05, 0) is 18.9 Å². The number of aromatic nitrogens is 2. The summed E-state index contributed by atoms with van der Waals surface area (Å²) in [5.41, 5.74) is 0.630. The summed E-state index contributed by atoms with van der Waals surface area (Å²) in [5, 5.41) is 7.76. The zero-order valence-corrected chi connectivity index (χ0v) is 15.5. The van der Waals surface area contributed by atoms with Gasteiger partial charge in [0.2, 0.25) is 0 Å². The number of nitrogens with one attached hydrogen (secondary N) is 1. The summed E-state index contributed by atoms with van der Waals surface area (Å²) >= 11 is 2.74. The second kappa shape index (κ2) is 8.16. The second-order valence-corrected chi connectivity index (χ2v) is 7.11. The molecule has 1 atom stereocenters. The van der Waals surface area contributed by atoms with Gasteiger partial charge in [0.1, 0.15) is 15.7 Å². The molecule has 1 amide bonds. The molecule has 6 nitrogen and oxygen atoms in total. The van der Waals surface area contributed by atoms with E-state index in [9.17, 15) is 9.59 Å². The van der Waals surface area contributed by atoms with E-state index in [2.05, 4.69) is 20.0 Å². The summed E-state index contributed by atoms with van der Waals surface area (Å²) in [7, 11) is 1.31. The van der Waals surface area contributed by atoms with Crippen LogP contribution in [0.5, 0.6) is 0 Å². The van der Waals surface area contributed by atoms with Crippen LogP contribution in [-0.4, -0.2) is 29.0 Å². The monoisotopic (exact) mass is 365 g/mol. The molecule has 0 saturated heterocycles. The van der Waals surface area contributed by atoms with Crippen molar-refractivity contribution in [2.45, 2.75) is 26.8 Å². The maximum Gasteiger partial charge on any atom is 0.357 e. The first kappa shape index (κ1) is 18.3. The van der Waals surface area contributed by atoms with Crippen molar-refractivity contribution in [2.75, 3.05) is 7.11 Å². The van der Waals surface area contributed by atoms with Crippen molar-refractivity contribution in [2.24, 2.45) is 5.92 Å². The highest BCUT2D eigenvalue weighted by atomic mass is 32.1. The Bertz CT molecular complexity index is 749. The fourth-order valence-electron chi connectivity index (χ4n) is 1.97. The molecule has 0 aliphatic rings. The molecule has 8 heteroatoms. The molecule has 1 N–H and O–H groups in total. The fourth-order valence-corrected chi connectivity index (χ4v) is 3.74. The minimum atomic E-state index is -0.484. The highest BCUT2D eigenvalue weighted by Crippen LogP contribution is 2.26. The molecule has 0 aliphatic carbocycles. The van der Waals surface area contributed by atoms with Gasteiger partial charge in [-0.3, -0.25) is 4.79 Å². The number of carbonyl (C=O) groups is 2. The third-order valence-electron chi connectivity index (χ3n) is 3.20. The standard InChI is InChI=1S/C16H19N3O3S2/c1-5-6-12-17-10(7-23-12)14(20)19-13(9(2)3)15-18-11(8-24-15)16(21)22-4/h5-9,13H,1-4H3,(H,19,20)/b6-5+/t13-/m0/s1. The van der Waals surface area contributed by atoms with Crippen LogP contribution in [0.4, 0.5) is 0 Å². The van der Waals surface area contributed by atoms with Crippen molar-refractivity contribution in [3.05, 3.63) is 38.2 Å². The van der Waals surface area contributed by atoms with E-state index in [1.165, 1.54) is 29.8 Å². The van der Waals surface area contributed by atoms with Crippen LogP contribution in [-0.2, 0) is 4.74 Å². The van der Waals surface area contributed by atoms with Crippen LogP contribution in [0.2, 0.25) is 0 Å². The lowest BCUT2D eigenvalue weighted by atomic mass is 10.1. The smallest absolute Gasteiger partial charge is 0.357 e. The molecule has 2 aromatic heterocycles. The Balaban J connectivity index is 2.17. The number of methoxy groups -OCH3 is 1. The molecule has 2 aromatic rings. The first-order valence-electron chi connectivity index (χ1n) is 7.39. The van der Waals surface area contributed by atoms with Gasteiger partial charge in [0.05, 0.1) is 13.2 Å². The quantitative estimate of drug-likeness (QED) is 0.792. The molecule has 0 fully saturated rings. The van der Waals surface area contributed by atoms with Gasteiger partial charge in [0.25, 0.3) is 5.91 Å². The van der Waals surface area contributed by atoms with Crippen LogP contribution in [0.25, 0.3) is 6.08 Å². The number of carbonyl (C=O) groups excluding carboxylic acids is 2. The third kappa shape index (κ3) is 4.27. The van der Waals surface area contributed by atoms with Gasteiger partial charge in [-0.25, -0.2) is 14.8 Å². The predicted octanol–water partition coefficient (Wildman–Crippen LogP) is 3.55. The van der Waals surface area contributed by atoms with E-state index in [0.717, 1.165) is 5.01 Å². The number of nitrogens with zero attached hydrogens (tertiary/aromatic N) is 2. The van der Waals surface area contributed by atoms with E-state index in [4.69, 9.17) is 0 Å². The minimum Gasteiger partial charge on any atom is -0.464 e. The Morgan fingerprint density at radius 1 is 1.21 bits per heavy atom. The number of amides is 1. The number of ether oxygens (including phenoxy) is 1. The molecule has 0 unspecified atom stereocenters. The number of allylic oxidation sites excluding steroid dienone is 1. The number of esters is 1. The Kier molecular flexibility index (Phi) is 6.22. The summed E-state index contributed by atoms with van der Waals surface area (Å²) in [4.78, 5) is 32.6. The van der Waals surface area contributed by atoms with Gasteiger partial charge in [0, 0.05) is 10.8 Å². The van der Waals surface area contributed by atoms with Gasteiger partial charge < -0.3 is 10.1 Å². The van der Waals surface area contributed by atoms with E-state index in [1.807, 2.05) is 32.9 Å². The Labute approximate surface area is 148 Å². The zero-order chi connectivity index (χ0) is 17.7. The van der Waals surface area contributed by atoms with Crippen LogP contribution >= 0.6 is 22.7 Å². The van der Waals surface area contributed by atoms with Crippen molar-refractivity contribution >= 4 is 40.6 Å². The van der Waals surface area contributed by atoms with Crippen LogP contribution in [0, 0.1) is 5.92 Å². The SMILES string of the molecule is C/C=C/c1nc(C(=O)N[C@H](c2nc(C(=O)OC)cs2)C(C)C)cs1. The van der Waals surface area contributed by atoms with E-state index in [1.54, 1.807) is 10.8 Å². The molecule has 0 saturated carbocycles. The molecule has 0 spiro atoms. The molecule has 0 aromatic carbocycles. The zero-order valence-electron chi connectivity index (χ0n) is 13.9. The summed E-state index contributed by atoms with van der Waals surface area (Å²) < 4.78 is 4.67. The fraction of sp³-hybridized carbons (Fsp3) is 0.375. The van der Waals surface area contributed by atoms with Crippen LogP contribution in [0.3, 0.4) is 0 Å². The van der Waals surface area contributed by atoms with Crippen molar-refractivity contribution in [1.29, 1.82) is 0 Å². The van der Waals surface area contributed by atoms with Crippen molar-refractivity contribution in [1.82, 2.24) is 15.3 Å². The highest BCUT2D eigenvalue weighted by Gasteiger charge is 2.24. The van der Waals surface area contributed by atoms with Gasteiger partial charge >= 0.3 is 5.97 Å². The van der Waals surface area contributed by atoms with Gasteiger partial charge in [-0.15, -0.1) is 22.7 Å². The Morgan fingerprint density at radius 2 is 1.92 bits per heavy atom. The number of rotatable bonds is 6. The molecule has 2 rings (SSSR count). The third-order valence-corrected chi connectivity index (χ3v) is 4.94. The summed E-state index contributed by atoms with van der Waals surface area (Å²) in [6.07, 6.45) is 3.73. The maximum atomic E-state index is 12.4. The Hall–Kier alpha value is -2.06. The van der Waals surface area contributed by atoms with E-state index in [-0.39, 0.29) is 23.6 Å². The molecule has 0 radical (unpaired) electrons. The molecular formula is C16H19N3O3S2. The topological polar surface area (TPSA) is 81.2 Å². The molecule has 0 bridgehead atoms. The van der Waals surface area contributed by atoms with Gasteiger partial charge in [-0.1, -0.05) is 19.9 Å². The molecular weight excluding hydrogens is 346 g/mol. The van der Waals surface area contributed by atoms with Crippen LogP contribution < -0.4 is 5.32 Å². The average molecular weight is 365 g/mol.